The summed E-state index contributed by atoms with van der Waals surface area (Å²) in [6, 6.07) is 7.41. The average molecular weight is 593 g/mol. The number of likely N-dealkylation sites (N-methyl/N-ethyl adjacent to an activating group) is 1. The molecule has 0 saturated heterocycles. The lowest BCUT2D eigenvalue weighted by Crippen LogP contribution is -2.74. The lowest BCUT2D eigenvalue weighted by atomic mass is 9.56. The molecular formula is C31H48N2O9. The highest BCUT2D eigenvalue weighted by Gasteiger charge is 2.64. The van der Waals surface area contributed by atoms with Crippen LogP contribution in [0.25, 0.3) is 0 Å². The van der Waals surface area contributed by atoms with Crippen LogP contribution in [0.4, 0.5) is 4.79 Å². The molecule has 0 aromatic heterocycles. The molecule has 1 aromatic rings. The predicted octanol–water partition coefficient (Wildman–Crippen LogP) is 5.12. The van der Waals surface area contributed by atoms with E-state index in [0.29, 0.717) is 5.56 Å². The van der Waals surface area contributed by atoms with E-state index in [1.54, 1.807) is 92.6 Å². The summed E-state index contributed by atoms with van der Waals surface area (Å²) in [4.78, 5) is 66.6. The first-order valence-corrected chi connectivity index (χ1v) is 13.9. The second-order valence-electron chi connectivity index (χ2n) is 13.8. The Hall–Kier alpha value is -3.63. The van der Waals surface area contributed by atoms with Gasteiger partial charge in [0.2, 0.25) is 5.91 Å². The third kappa shape index (κ3) is 8.45. The molecule has 0 fully saturated rings. The van der Waals surface area contributed by atoms with Crippen LogP contribution >= 0.6 is 0 Å². The third-order valence-electron chi connectivity index (χ3n) is 7.55. The van der Waals surface area contributed by atoms with Crippen LogP contribution in [0, 0.1) is 16.7 Å². The normalized spacial score (nSPS) is 15.1. The van der Waals surface area contributed by atoms with Crippen LogP contribution in [0.3, 0.4) is 0 Å². The van der Waals surface area contributed by atoms with Crippen LogP contribution in [0.2, 0.25) is 0 Å². The maximum absolute atomic E-state index is 14.1. The van der Waals surface area contributed by atoms with Crippen molar-refractivity contribution in [1.29, 1.82) is 0 Å². The molecule has 0 aliphatic carbocycles. The summed E-state index contributed by atoms with van der Waals surface area (Å²) in [5.41, 5.74) is -4.41. The fourth-order valence-electron chi connectivity index (χ4n) is 5.74. The molecule has 11 nitrogen and oxygen atoms in total. The maximum atomic E-state index is 14.1. The summed E-state index contributed by atoms with van der Waals surface area (Å²) in [5.74, 6) is -5.61. The van der Waals surface area contributed by atoms with Crippen LogP contribution in [-0.4, -0.2) is 79.2 Å². The zero-order chi connectivity index (χ0) is 32.8. The molecule has 0 aliphatic rings. The molecule has 236 valence electrons. The highest BCUT2D eigenvalue weighted by molar-refractivity contribution is 5.90. The molecule has 0 heterocycles. The smallest absolute Gasteiger partial charge is 0.410 e. The second-order valence-corrected chi connectivity index (χ2v) is 13.8. The summed E-state index contributed by atoms with van der Waals surface area (Å²) >= 11 is 0. The molecule has 3 N–H and O–H groups in total. The molecule has 0 aliphatic heterocycles. The van der Waals surface area contributed by atoms with Crippen molar-refractivity contribution in [3.8, 4) is 0 Å². The van der Waals surface area contributed by atoms with Gasteiger partial charge in [-0.25, -0.2) is 14.4 Å². The van der Waals surface area contributed by atoms with Crippen LogP contribution < -0.4 is 0 Å². The Morgan fingerprint density at radius 2 is 1.38 bits per heavy atom. The zero-order valence-electron chi connectivity index (χ0n) is 26.6. The van der Waals surface area contributed by atoms with Crippen LogP contribution in [0.15, 0.2) is 30.3 Å². The molecule has 0 spiro atoms. The number of carbonyl (C=O) groups excluding carboxylic acids is 2. The number of nitrogens with zero attached hydrogens (tertiary/aromatic N) is 2. The van der Waals surface area contributed by atoms with E-state index in [0.717, 1.165) is 4.90 Å². The lowest BCUT2D eigenvalue weighted by Gasteiger charge is -2.60. The van der Waals surface area contributed by atoms with Crippen molar-refractivity contribution in [3.63, 3.8) is 0 Å². The Balaban J connectivity index is 3.52. The van der Waals surface area contributed by atoms with E-state index in [9.17, 15) is 39.3 Å². The summed E-state index contributed by atoms with van der Waals surface area (Å²) in [6.07, 6.45) is -2.15. The Kier molecular flexibility index (Phi) is 11.8. The van der Waals surface area contributed by atoms with Gasteiger partial charge in [-0.15, -0.1) is 0 Å². The van der Waals surface area contributed by atoms with Crippen LogP contribution in [0.5, 0.6) is 0 Å². The average Bonchev–Trinajstić information content (AvgIpc) is 2.82. The highest BCUT2D eigenvalue weighted by Crippen LogP contribution is 2.52. The number of carbonyl (C=O) groups is 5. The molecule has 42 heavy (non-hydrogen) atoms. The van der Waals surface area contributed by atoms with Gasteiger partial charge in [0.25, 0.3) is 0 Å². The van der Waals surface area contributed by atoms with Crippen molar-refractivity contribution >= 4 is 29.9 Å². The number of carboxylic acid groups (broad SMARTS) is 3. The summed E-state index contributed by atoms with van der Waals surface area (Å²) in [7, 11) is 1.26. The van der Waals surface area contributed by atoms with Crippen molar-refractivity contribution in [2.24, 2.45) is 16.7 Å². The fourth-order valence-corrected chi connectivity index (χ4v) is 5.74. The first-order valence-electron chi connectivity index (χ1n) is 13.9. The molecule has 11 heteroatoms. The molecule has 1 aromatic carbocycles. The summed E-state index contributed by atoms with van der Waals surface area (Å²) < 4.78 is 5.26. The monoisotopic (exact) mass is 592 g/mol. The SMILES string of the molecule is CN(C(=O)OCc1ccccc1)[C@@H](CCC(=O)N(C(C)(C)C)[C@](C(=O)O)(C(CC(=O)O)C(C)(C)C)C(C)(C)C)C(=O)O. The third-order valence-corrected chi connectivity index (χ3v) is 7.55. The Morgan fingerprint density at radius 1 is 0.857 bits per heavy atom. The predicted molar refractivity (Wildman–Crippen MR) is 157 cm³/mol. The first kappa shape index (κ1) is 36.4. The Morgan fingerprint density at radius 3 is 1.76 bits per heavy atom. The second kappa shape index (κ2) is 13.6. The molecule has 1 unspecified atom stereocenters. The lowest BCUT2D eigenvalue weighted by molar-refractivity contribution is -0.193. The van der Waals surface area contributed by atoms with Gasteiger partial charge in [0.05, 0.1) is 6.42 Å². The van der Waals surface area contributed by atoms with Gasteiger partial charge < -0.3 is 25.0 Å². The number of carboxylic acids is 3. The number of hydrogen-bond acceptors (Lipinski definition) is 6. The first-order chi connectivity index (χ1) is 19.0. The van der Waals surface area contributed by atoms with Crippen LogP contribution in [-0.2, 0) is 30.5 Å². The van der Waals surface area contributed by atoms with E-state index in [-0.39, 0.29) is 13.0 Å². The van der Waals surface area contributed by atoms with Crippen molar-refractivity contribution in [2.45, 2.75) is 105 Å². The van der Waals surface area contributed by atoms with E-state index in [4.69, 9.17) is 4.74 Å². The fraction of sp³-hybridized carbons (Fsp3) is 0.645. The van der Waals surface area contributed by atoms with Crippen molar-refractivity contribution < 1.29 is 44.0 Å². The zero-order valence-corrected chi connectivity index (χ0v) is 26.6. The van der Waals surface area contributed by atoms with Gasteiger partial charge in [0.15, 0.2) is 0 Å². The van der Waals surface area contributed by atoms with Gasteiger partial charge in [0.1, 0.15) is 18.2 Å². The van der Waals surface area contributed by atoms with E-state index >= 15 is 0 Å². The number of rotatable bonds is 12. The van der Waals surface area contributed by atoms with Crippen LogP contribution in [0.1, 0.15) is 87.1 Å². The topological polar surface area (TPSA) is 162 Å². The summed E-state index contributed by atoms with van der Waals surface area (Å²) in [6.45, 7) is 15.1. The standard InChI is InChI=1S/C31H48N2O9/c1-28(2,3)22(18-24(35)36)31(26(39)40,29(4,5)6)33(30(7,8)9)23(34)17-16-21(25(37)38)32(10)27(41)42-19-20-14-12-11-13-15-20/h11-15,21-22H,16-19H2,1-10H3,(H,35,36)(H,37,38)(H,39,40)/t21-,22?,31-/m0/s1. The molecule has 0 bridgehead atoms. The van der Waals surface area contributed by atoms with Gasteiger partial charge >= 0.3 is 24.0 Å². The molecule has 0 radical (unpaired) electrons. The maximum Gasteiger partial charge on any atom is 0.410 e. The largest absolute Gasteiger partial charge is 0.481 e. The van der Waals surface area contributed by atoms with E-state index in [2.05, 4.69) is 0 Å². The van der Waals surface area contributed by atoms with Gasteiger partial charge in [-0.3, -0.25) is 14.5 Å². The molecule has 3 atom stereocenters. The van der Waals surface area contributed by atoms with E-state index in [1.807, 2.05) is 0 Å². The Labute approximate surface area is 248 Å². The van der Waals surface area contributed by atoms with Gasteiger partial charge in [-0.1, -0.05) is 71.9 Å². The molecule has 2 amide bonds. The minimum Gasteiger partial charge on any atom is -0.481 e. The minimum absolute atomic E-state index is 0.0719. The van der Waals surface area contributed by atoms with Gasteiger partial charge in [-0.2, -0.15) is 0 Å². The van der Waals surface area contributed by atoms with Crippen molar-refractivity contribution in [2.75, 3.05) is 7.05 Å². The minimum atomic E-state index is -2.00. The number of benzene rings is 1. The summed E-state index contributed by atoms with van der Waals surface area (Å²) in [5, 5.41) is 30.7. The molecule has 1 rings (SSSR count). The number of amides is 2. The van der Waals surface area contributed by atoms with Gasteiger partial charge in [0, 0.05) is 24.9 Å². The quantitative estimate of drug-likeness (QED) is 0.299. The number of aliphatic carboxylic acids is 3. The van der Waals surface area contributed by atoms with Crippen molar-refractivity contribution in [3.05, 3.63) is 35.9 Å². The number of hydrogen-bond donors (Lipinski definition) is 3. The number of ether oxygens (including phenoxy) is 1. The molecule has 0 saturated carbocycles. The molecular weight excluding hydrogens is 544 g/mol. The highest BCUT2D eigenvalue weighted by atomic mass is 16.6. The van der Waals surface area contributed by atoms with E-state index in [1.165, 1.54) is 11.9 Å². The van der Waals surface area contributed by atoms with Gasteiger partial charge in [-0.05, 0) is 43.6 Å². The van der Waals surface area contributed by atoms with Crippen molar-refractivity contribution in [1.82, 2.24) is 9.80 Å². The van der Waals surface area contributed by atoms with E-state index < -0.39 is 76.6 Å². The Bertz CT molecular complexity index is 1130.